The van der Waals surface area contributed by atoms with Crippen LogP contribution in [0.15, 0.2) is 41.5 Å². The van der Waals surface area contributed by atoms with Crippen LogP contribution in [0.25, 0.3) is 0 Å². The third-order valence-corrected chi connectivity index (χ3v) is 3.62. The van der Waals surface area contributed by atoms with Crippen molar-refractivity contribution in [1.29, 1.82) is 0 Å². The fraction of sp³-hybridized carbons (Fsp3) is 0.222. The maximum Gasteiger partial charge on any atom is 0.191 e. The Hall–Kier alpha value is -3.00. The standard InChI is InChI=1S/C18H21N3O4S/c1-22-14-7-5-12(9-16(14)24-3)11-19-21-18(26)20-13-6-8-15(23-2)17(10-13)25-4/h5-11H,1-4H3,(H2,20,21,26). The molecule has 0 amide bonds. The van der Waals surface area contributed by atoms with Gasteiger partial charge in [-0.25, -0.2) is 0 Å². The van der Waals surface area contributed by atoms with E-state index in [1.165, 1.54) is 0 Å². The maximum atomic E-state index is 5.26. The third-order valence-electron chi connectivity index (χ3n) is 3.43. The first kappa shape index (κ1) is 19.3. The number of rotatable bonds is 7. The lowest BCUT2D eigenvalue weighted by atomic mass is 10.2. The summed E-state index contributed by atoms with van der Waals surface area (Å²) in [5, 5.41) is 7.48. The smallest absolute Gasteiger partial charge is 0.191 e. The van der Waals surface area contributed by atoms with Crippen molar-refractivity contribution in [2.75, 3.05) is 33.8 Å². The molecule has 0 spiro atoms. The summed E-state index contributed by atoms with van der Waals surface area (Å²) in [6.07, 6.45) is 1.63. The molecule has 0 heterocycles. The second-order valence-electron chi connectivity index (χ2n) is 5.01. The van der Waals surface area contributed by atoms with Gasteiger partial charge in [-0.05, 0) is 48.1 Å². The first-order valence-electron chi connectivity index (χ1n) is 7.65. The number of hydrazone groups is 1. The molecule has 26 heavy (non-hydrogen) atoms. The molecule has 0 aromatic heterocycles. The van der Waals surface area contributed by atoms with Crippen LogP contribution in [-0.4, -0.2) is 39.8 Å². The lowest BCUT2D eigenvalue weighted by Gasteiger charge is -2.11. The molecule has 7 nitrogen and oxygen atoms in total. The van der Waals surface area contributed by atoms with E-state index < -0.39 is 0 Å². The predicted octanol–water partition coefficient (Wildman–Crippen LogP) is 3.04. The zero-order valence-electron chi connectivity index (χ0n) is 15.0. The molecule has 0 aliphatic rings. The molecule has 8 heteroatoms. The molecule has 2 aromatic carbocycles. The highest BCUT2D eigenvalue weighted by atomic mass is 32.1. The molecule has 0 aliphatic carbocycles. The number of hydrogen-bond donors (Lipinski definition) is 2. The van der Waals surface area contributed by atoms with Crippen LogP contribution in [0.4, 0.5) is 5.69 Å². The van der Waals surface area contributed by atoms with Crippen LogP contribution >= 0.6 is 12.2 Å². The Balaban J connectivity index is 1.97. The molecule has 0 atom stereocenters. The Kier molecular flexibility index (Phi) is 7.04. The highest BCUT2D eigenvalue weighted by molar-refractivity contribution is 7.80. The van der Waals surface area contributed by atoms with Crippen LogP contribution in [-0.2, 0) is 0 Å². The summed E-state index contributed by atoms with van der Waals surface area (Å²) < 4.78 is 20.9. The van der Waals surface area contributed by atoms with Crippen molar-refractivity contribution in [3.05, 3.63) is 42.0 Å². The van der Waals surface area contributed by atoms with E-state index in [9.17, 15) is 0 Å². The molecular formula is C18H21N3O4S. The summed E-state index contributed by atoms with van der Waals surface area (Å²) in [6, 6.07) is 10.9. The van der Waals surface area contributed by atoms with Gasteiger partial charge in [0.1, 0.15) is 0 Å². The van der Waals surface area contributed by atoms with Gasteiger partial charge in [-0.15, -0.1) is 0 Å². The van der Waals surface area contributed by atoms with E-state index in [1.807, 2.05) is 18.2 Å². The van der Waals surface area contributed by atoms with E-state index >= 15 is 0 Å². The van der Waals surface area contributed by atoms with E-state index in [1.54, 1.807) is 52.9 Å². The van der Waals surface area contributed by atoms with Gasteiger partial charge in [0, 0.05) is 11.8 Å². The summed E-state index contributed by atoms with van der Waals surface area (Å²) in [5.41, 5.74) is 4.35. The number of ether oxygens (including phenoxy) is 4. The molecule has 138 valence electrons. The van der Waals surface area contributed by atoms with Gasteiger partial charge in [-0.2, -0.15) is 5.10 Å². The molecule has 0 radical (unpaired) electrons. The third kappa shape index (κ3) is 5.00. The van der Waals surface area contributed by atoms with E-state index in [0.29, 0.717) is 28.1 Å². The maximum absolute atomic E-state index is 5.26. The Labute approximate surface area is 157 Å². The zero-order valence-corrected chi connectivity index (χ0v) is 15.8. The first-order valence-corrected chi connectivity index (χ1v) is 8.06. The lowest BCUT2D eigenvalue weighted by Crippen LogP contribution is -2.23. The SMILES string of the molecule is COc1ccc(C=NNC(=S)Nc2ccc(OC)c(OC)c2)cc1OC. The van der Waals surface area contributed by atoms with Crippen molar-refractivity contribution in [1.82, 2.24) is 5.43 Å². The summed E-state index contributed by atoms with van der Waals surface area (Å²) in [7, 11) is 6.33. The Morgan fingerprint density at radius 1 is 0.846 bits per heavy atom. The normalized spacial score (nSPS) is 10.3. The van der Waals surface area contributed by atoms with Gasteiger partial charge in [-0.3, -0.25) is 5.43 Å². The molecule has 2 aromatic rings. The van der Waals surface area contributed by atoms with E-state index in [2.05, 4.69) is 15.8 Å². The summed E-state index contributed by atoms with van der Waals surface area (Å²) in [6.45, 7) is 0. The van der Waals surface area contributed by atoms with Gasteiger partial charge < -0.3 is 24.3 Å². The fourth-order valence-corrected chi connectivity index (χ4v) is 2.34. The van der Waals surface area contributed by atoms with Crippen molar-refractivity contribution in [3.8, 4) is 23.0 Å². The van der Waals surface area contributed by atoms with Gasteiger partial charge in [0.25, 0.3) is 0 Å². The van der Waals surface area contributed by atoms with Gasteiger partial charge in [0.05, 0.1) is 34.7 Å². The lowest BCUT2D eigenvalue weighted by molar-refractivity contribution is 0.355. The second-order valence-corrected chi connectivity index (χ2v) is 5.42. The average molecular weight is 375 g/mol. The topological polar surface area (TPSA) is 73.3 Å². The van der Waals surface area contributed by atoms with Crippen molar-refractivity contribution < 1.29 is 18.9 Å². The molecule has 0 saturated carbocycles. The number of anilines is 1. The molecular weight excluding hydrogens is 354 g/mol. The second kappa shape index (κ2) is 9.47. The van der Waals surface area contributed by atoms with Crippen LogP contribution in [0.3, 0.4) is 0 Å². The van der Waals surface area contributed by atoms with E-state index in [-0.39, 0.29) is 0 Å². The van der Waals surface area contributed by atoms with Gasteiger partial charge >= 0.3 is 0 Å². The zero-order chi connectivity index (χ0) is 18.9. The Bertz CT molecular complexity index is 796. The summed E-state index contributed by atoms with van der Waals surface area (Å²) in [5.74, 6) is 2.53. The predicted molar refractivity (Wildman–Crippen MR) is 106 cm³/mol. The minimum atomic E-state index is 0.342. The minimum Gasteiger partial charge on any atom is -0.493 e. The van der Waals surface area contributed by atoms with Crippen LogP contribution in [0.2, 0.25) is 0 Å². The molecule has 0 unspecified atom stereocenters. The monoisotopic (exact) mass is 375 g/mol. The summed E-state index contributed by atoms with van der Waals surface area (Å²) in [4.78, 5) is 0. The summed E-state index contributed by atoms with van der Waals surface area (Å²) >= 11 is 5.23. The highest BCUT2D eigenvalue weighted by Gasteiger charge is 2.06. The van der Waals surface area contributed by atoms with Crippen molar-refractivity contribution >= 4 is 29.2 Å². The molecule has 0 saturated heterocycles. The largest absolute Gasteiger partial charge is 0.493 e. The fourth-order valence-electron chi connectivity index (χ4n) is 2.17. The van der Waals surface area contributed by atoms with Crippen LogP contribution in [0, 0.1) is 0 Å². The van der Waals surface area contributed by atoms with Crippen molar-refractivity contribution in [3.63, 3.8) is 0 Å². The Morgan fingerprint density at radius 3 is 2.04 bits per heavy atom. The van der Waals surface area contributed by atoms with E-state index in [0.717, 1.165) is 11.3 Å². The van der Waals surface area contributed by atoms with Gasteiger partial charge in [0.2, 0.25) is 0 Å². The highest BCUT2D eigenvalue weighted by Crippen LogP contribution is 2.29. The number of hydrogen-bond acceptors (Lipinski definition) is 6. The molecule has 0 bridgehead atoms. The minimum absolute atomic E-state index is 0.342. The van der Waals surface area contributed by atoms with Crippen molar-refractivity contribution in [2.45, 2.75) is 0 Å². The van der Waals surface area contributed by atoms with Crippen LogP contribution < -0.4 is 29.7 Å². The molecule has 0 fully saturated rings. The molecule has 2 N–H and O–H groups in total. The van der Waals surface area contributed by atoms with Gasteiger partial charge in [-0.1, -0.05) is 0 Å². The number of nitrogens with zero attached hydrogens (tertiary/aromatic N) is 1. The molecule has 0 aliphatic heterocycles. The van der Waals surface area contributed by atoms with Gasteiger partial charge in [0.15, 0.2) is 28.1 Å². The number of methoxy groups -OCH3 is 4. The quantitative estimate of drug-likeness (QED) is 0.438. The average Bonchev–Trinajstić information content (AvgIpc) is 2.67. The number of benzene rings is 2. The van der Waals surface area contributed by atoms with E-state index in [4.69, 9.17) is 31.2 Å². The van der Waals surface area contributed by atoms with Crippen LogP contribution in [0.5, 0.6) is 23.0 Å². The Morgan fingerprint density at radius 2 is 1.42 bits per heavy atom. The van der Waals surface area contributed by atoms with Crippen molar-refractivity contribution in [2.24, 2.45) is 5.10 Å². The number of thiocarbonyl (C=S) groups is 1. The first-order chi connectivity index (χ1) is 12.6. The number of nitrogens with one attached hydrogen (secondary N) is 2. The van der Waals surface area contributed by atoms with Crippen LogP contribution in [0.1, 0.15) is 5.56 Å². The molecule has 2 rings (SSSR count).